The summed E-state index contributed by atoms with van der Waals surface area (Å²) in [6.45, 7) is 1.72. The summed E-state index contributed by atoms with van der Waals surface area (Å²) in [7, 11) is 5.69. The van der Waals surface area contributed by atoms with E-state index in [1.54, 1.807) is 11.8 Å². The van der Waals surface area contributed by atoms with Crippen molar-refractivity contribution in [3.05, 3.63) is 0 Å². The number of thioether (sulfide) groups is 1. The molecule has 1 aromatic heterocycles. The quantitative estimate of drug-likeness (QED) is 0.491. The summed E-state index contributed by atoms with van der Waals surface area (Å²) in [4.78, 5) is 2.09. The molecule has 1 aromatic rings. The van der Waals surface area contributed by atoms with E-state index in [1.807, 2.05) is 14.1 Å². The molecular weight excluding hydrogens is 202 g/mol. The Balaban J connectivity index is 2.45. The zero-order valence-electron chi connectivity index (χ0n) is 8.67. The Morgan fingerprint density at radius 1 is 1.50 bits per heavy atom. The number of aromatic nitrogens is 4. The van der Waals surface area contributed by atoms with Gasteiger partial charge in [0.05, 0.1) is 12.5 Å². The van der Waals surface area contributed by atoms with Crippen molar-refractivity contribution in [1.82, 2.24) is 25.1 Å². The van der Waals surface area contributed by atoms with E-state index >= 15 is 0 Å². The molecule has 0 atom stereocenters. The molecule has 0 amide bonds. The highest BCUT2D eigenvalue weighted by Gasteiger charge is 2.05. The molecule has 7 heteroatoms. The highest BCUT2D eigenvalue weighted by Crippen LogP contribution is 2.12. The number of methoxy groups -OCH3 is 1. The summed E-state index contributed by atoms with van der Waals surface area (Å²) in [6, 6.07) is 0. The maximum atomic E-state index is 4.94. The zero-order valence-corrected chi connectivity index (χ0v) is 9.49. The first kappa shape index (κ1) is 11.4. The Kier molecular flexibility index (Phi) is 4.85. The second-order valence-corrected chi connectivity index (χ2v) is 3.93. The fourth-order valence-corrected chi connectivity index (χ4v) is 1.44. The van der Waals surface area contributed by atoms with E-state index in [2.05, 4.69) is 20.4 Å². The Hall–Kier alpha value is -0.660. The van der Waals surface area contributed by atoms with E-state index in [4.69, 9.17) is 4.74 Å². The third-order valence-electron chi connectivity index (χ3n) is 1.56. The first-order valence-corrected chi connectivity index (χ1v) is 5.25. The fourth-order valence-electron chi connectivity index (χ4n) is 0.847. The second-order valence-electron chi connectivity index (χ2n) is 3.04. The molecule has 1 rings (SSSR count). The summed E-state index contributed by atoms with van der Waals surface area (Å²) >= 11 is 1.49. The van der Waals surface area contributed by atoms with Crippen molar-refractivity contribution in [3.8, 4) is 0 Å². The van der Waals surface area contributed by atoms with Crippen molar-refractivity contribution >= 4 is 11.8 Å². The smallest absolute Gasteiger partial charge is 0.211 e. The average Bonchev–Trinajstić information content (AvgIpc) is 2.58. The van der Waals surface area contributed by atoms with Crippen LogP contribution in [-0.4, -0.2) is 58.8 Å². The van der Waals surface area contributed by atoms with Gasteiger partial charge in [-0.25, -0.2) is 4.68 Å². The molecule has 0 N–H and O–H groups in total. The SMILES string of the molecule is COCSc1nnnn1CCN(C)C. The molecule has 0 aliphatic rings. The predicted octanol–water partition coefficient (Wildman–Crippen LogP) is -0.0693. The second kappa shape index (κ2) is 5.94. The minimum atomic E-state index is 0.572. The molecule has 0 radical (unpaired) electrons. The third kappa shape index (κ3) is 3.60. The van der Waals surface area contributed by atoms with Gasteiger partial charge < -0.3 is 9.64 Å². The molecule has 0 aliphatic heterocycles. The number of ether oxygens (including phenoxy) is 1. The molecule has 6 nitrogen and oxygen atoms in total. The number of hydrogen-bond donors (Lipinski definition) is 0. The van der Waals surface area contributed by atoms with E-state index in [1.165, 1.54) is 11.8 Å². The minimum Gasteiger partial charge on any atom is -0.374 e. The van der Waals surface area contributed by atoms with E-state index in [0.29, 0.717) is 5.94 Å². The molecule has 0 aromatic carbocycles. The average molecular weight is 217 g/mol. The van der Waals surface area contributed by atoms with Crippen molar-refractivity contribution in [2.24, 2.45) is 0 Å². The maximum absolute atomic E-state index is 4.94. The highest BCUT2D eigenvalue weighted by atomic mass is 32.2. The normalized spacial score (nSPS) is 11.1. The maximum Gasteiger partial charge on any atom is 0.211 e. The van der Waals surface area contributed by atoms with Crippen molar-refractivity contribution in [2.45, 2.75) is 11.7 Å². The van der Waals surface area contributed by atoms with Crippen LogP contribution in [0, 0.1) is 0 Å². The van der Waals surface area contributed by atoms with E-state index in [0.717, 1.165) is 18.2 Å². The first-order chi connectivity index (χ1) is 6.74. The van der Waals surface area contributed by atoms with Crippen LogP contribution in [0.15, 0.2) is 5.16 Å². The summed E-state index contributed by atoms with van der Waals surface area (Å²) < 4.78 is 6.72. The number of hydrogen-bond acceptors (Lipinski definition) is 6. The van der Waals surface area contributed by atoms with Gasteiger partial charge in [0, 0.05) is 13.7 Å². The summed E-state index contributed by atoms with van der Waals surface area (Å²) in [5.74, 6) is 0.572. The molecule has 0 fully saturated rings. The lowest BCUT2D eigenvalue weighted by Crippen LogP contribution is -2.19. The van der Waals surface area contributed by atoms with Crippen LogP contribution in [0.5, 0.6) is 0 Å². The number of tetrazole rings is 1. The van der Waals surface area contributed by atoms with Crippen LogP contribution in [0.3, 0.4) is 0 Å². The van der Waals surface area contributed by atoms with Crippen LogP contribution in [0.4, 0.5) is 0 Å². The van der Waals surface area contributed by atoms with Crippen molar-refractivity contribution < 1.29 is 4.74 Å². The molecule has 0 spiro atoms. The molecule has 1 heterocycles. The number of nitrogens with zero attached hydrogens (tertiary/aromatic N) is 5. The molecule has 0 bridgehead atoms. The minimum absolute atomic E-state index is 0.572. The lowest BCUT2D eigenvalue weighted by Gasteiger charge is -2.09. The fraction of sp³-hybridized carbons (Fsp3) is 0.857. The van der Waals surface area contributed by atoms with Crippen LogP contribution in [0.2, 0.25) is 0 Å². The number of rotatable bonds is 6. The predicted molar refractivity (Wildman–Crippen MR) is 54.1 cm³/mol. The summed E-state index contributed by atoms with van der Waals surface area (Å²) in [5, 5.41) is 12.2. The molecule has 0 unspecified atom stereocenters. The molecule has 80 valence electrons. The Morgan fingerprint density at radius 3 is 2.93 bits per heavy atom. The van der Waals surface area contributed by atoms with Crippen LogP contribution in [-0.2, 0) is 11.3 Å². The monoisotopic (exact) mass is 217 g/mol. The van der Waals surface area contributed by atoms with E-state index in [-0.39, 0.29) is 0 Å². The summed E-state index contributed by atoms with van der Waals surface area (Å²) in [6.07, 6.45) is 0. The van der Waals surface area contributed by atoms with E-state index in [9.17, 15) is 0 Å². The van der Waals surface area contributed by atoms with Gasteiger partial charge in [-0.05, 0) is 24.5 Å². The topological polar surface area (TPSA) is 56.1 Å². The lowest BCUT2D eigenvalue weighted by atomic mass is 10.6. The van der Waals surface area contributed by atoms with Crippen LogP contribution < -0.4 is 0 Å². The Labute approximate surface area is 87.6 Å². The number of likely N-dealkylation sites (N-methyl/N-ethyl adjacent to an activating group) is 1. The van der Waals surface area contributed by atoms with Gasteiger partial charge in [-0.2, -0.15) is 0 Å². The van der Waals surface area contributed by atoms with E-state index < -0.39 is 0 Å². The standard InChI is InChI=1S/C7H15N5OS/c1-11(2)4-5-12-7(8-9-10-12)14-6-13-3/h4-6H2,1-3H3. The van der Waals surface area contributed by atoms with Gasteiger partial charge in [0.2, 0.25) is 5.16 Å². The highest BCUT2D eigenvalue weighted by molar-refractivity contribution is 7.99. The summed E-state index contributed by atoms with van der Waals surface area (Å²) in [5.41, 5.74) is 0. The van der Waals surface area contributed by atoms with Gasteiger partial charge in [-0.3, -0.25) is 0 Å². The van der Waals surface area contributed by atoms with Gasteiger partial charge in [-0.1, -0.05) is 11.8 Å². The Bertz CT molecular complexity index is 264. The molecule has 0 saturated carbocycles. The Morgan fingerprint density at radius 2 is 2.29 bits per heavy atom. The largest absolute Gasteiger partial charge is 0.374 e. The molecular formula is C7H15N5OS. The van der Waals surface area contributed by atoms with Gasteiger partial charge >= 0.3 is 0 Å². The molecule has 0 aliphatic carbocycles. The van der Waals surface area contributed by atoms with Crippen molar-refractivity contribution in [1.29, 1.82) is 0 Å². The molecule has 14 heavy (non-hydrogen) atoms. The van der Waals surface area contributed by atoms with Gasteiger partial charge in [0.1, 0.15) is 0 Å². The third-order valence-corrected chi connectivity index (χ3v) is 2.47. The first-order valence-electron chi connectivity index (χ1n) is 4.26. The lowest BCUT2D eigenvalue weighted by molar-refractivity contribution is 0.258. The van der Waals surface area contributed by atoms with Crippen molar-refractivity contribution in [3.63, 3.8) is 0 Å². The van der Waals surface area contributed by atoms with Crippen LogP contribution in [0.1, 0.15) is 0 Å². The zero-order chi connectivity index (χ0) is 10.4. The van der Waals surface area contributed by atoms with Gasteiger partial charge in [-0.15, -0.1) is 5.10 Å². The van der Waals surface area contributed by atoms with Crippen molar-refractivity contribution in [2.75, 3.05) is 33.7 Å². The van der Waals surface area contributed by atoms with Crippen LogP contribution >= 0.6 is 11.8 Å². The van der Waals surface area contributed by atoms with Crippen LogP contribution in [0.25, 0.3) is 0 Å². The van der Waals surface area contributed by atoms with Gasteiger partial charge in [0.25, 0.3) is 0 Å². The molecule has 0 saturated heterocycles. The van der Waals surface area contributed by atoms with Gasteiger partial charge in [0.15, 0.2) is 0 Å².